The number of hydrogen-bond acceptors (Lipinski definition) is 6. The highest BCUT2D eigenvalue weighted by Gasteiger charge is 2.20. The molecule has 1 saturated carbocycles. The lowest BCUT2D eigenvalue weighted by Gasteiger charge is -2.12. The first-order valence-corrected chi connectivity index (χ1v) is 7.25. The van der Waals surface area contributed by atoms with E-state index in [0.717, 1.165) is 11.5 Å². The van der Waals surface area contributed by atoms with Crippen LogP contribution >= 0.6 is 0 Å². The summed E-state index contributed by atoms with van der Waals surface area (Å²) in [5, 5.41) is 11.2. The lowest BCUT2D eigenvalue weighted by atomic mass is 10.0. The topological polar surface area (TPSA) is 72.8 Å². The maximum absolute atomic E-state index is 5.03. The second-order valence-electron chi connectivity index (χ2n) is 5.19. The van der Waals surface area contributed by atoms with Crippen LogP contribution in [0.5, 0.6) is 5.88 Å². The predicted octanol–water partition coefficient (Wildman–Crippen LogP) is 2.64. The fourth-order valence-electron chi connectivity index (χ4n) is 2.69. The van der Waals surface area contributed by atoms with Crippen molar-refractivity contribution in [3.8, 4) is 17.4 Å². The minimum absolute atomic E-state index is 0.486. The van der Waals surface area contributed by atoms with Gasteiger partial charge in [-0.25, -0.2) is 9.97 Å². The van der Waals surface area contributed by atoms with Gasteiger partial charge in [0, 0.05) is 30.8 Å². The standard InChI is InChI=1S/C15H19N5O/c1-16-13-9-12(10-5-3-4-6-10)17-15(18-13)11-7-8-14(21-2)20-19-11/h7-10H,3-6H2,1-2H3,(H,16,17,18). The Bertz CT molecular complexity index is 608. The summed E-state index contributed by atoms with van der Waals surface area (Å²) in [5.74, 6) is 2.45. The molecule has 0 radical (unpaired) electrons. The van der Waals surface area contributed by atoms with Gasteiger partial charge in [0.1, 0.15) is 11.5 Å². The molecule has 0 unspecified atom stereocenters. The second-order valence-corrected chi connectivity index (χ2v) is 5.19. The van der Waals surface area contributed by atoms with Gasteiger partial charge in [-0.15, -0.1) is 10.2 Å². The Kier molecular flexibility index (Phi) is 3.94. The Morgan fingerprint density at radius 3 is 2.57 bits per heavy atom. The first kappa shape index (κ1) is 13.7. The first-order chi connectivity index (χ1) is 10.3. The van der Waals surface area contributed by atoms with Crippen LogP contribution in [0, 0.1) is 0 Å². The third-order valence-corrected chi connectivity index (χ3v) is 3.85. The van der Waals surface area contributed by atoms with Gasteiger partial charge in [0.05, 0.1) is 7.11 Å². The molecule has 110 valence electrons. The number of nitrogens with zero attached hydrogens (tertiary/aromatic N) is 4. The molecule has 2 heterocycles. The van der Waals surface area contributed by atoms with E-state index in [1.54, 1.807) is 13.2 Å². The molecule has 6 heteroatoms. The summed E-state index contributed by atoms with van der Waals surface area (Å²) in [4.78, 5) is 9.18. The monoisotopic (exact) mass is 285 g/mol. The van der Waals surface area contributed by atoms with Crippen molar-refractivity contribution in [3.63, 3.8) is 0 Å². The number of ether oxygens (including phenoxy) is 1. The summed E-state index contributed by atoms with van der Waals surface area (Å²) >= 11 is 0. The molecule has 0 bridgehead atoms. The second kappa shape index (κ2) is 6.03. The van der Waals surface area contributed by atoms with Gasteiger partial charge in [-0.1, -0.05) is 12.8 Å². The quantitative estimate of drug-likeness (QED) is 0.931. The van der Waals surface area contributed by atoms with Gasteiger partial charge >= 0.3 is 0 Å². The Hall–Kier alpha value is -2.24. The SMILES string of the molecule is CNc1cc(C2CCCC2)nc(-c2ccc(OC)nn2)n1. The zero-order valence-corrected chi connectivity index (χ0v) is 12.3. The smallest absolute Gasteiger partial charge is 0.233 e. The van der Waals surface area contributed by atoms with Crippen molar-refractivity contribution < 1.29 is 4.74 Å². The molecular formula is C15H19N5O. The fraction of sp³-hybridized carbons (Fsp3) is 0.467. The molecule has 0 saturated heterocycles. The first-order valence-electron chi connectivity index (χ1n) is 7.25. The van der Waals surface area contributed by atoms with E-state index in [1.807, 2.05) is 19.2 Å². The number of nitrogens with one attached hydrogen (secondary N) is 1. The van der Waals surface area contributed by atoms with Gasteiger partial charge in [-0.2, -0.15) is 0 Å². The minimum atomic E-state index is 0.486. The van der Waals surface area contributed by atoms with Crippen molar-refractivity contribution in [2.75, 3.05) is 19.5 Å². The van der Waals surface area contributed by atoms with E-state index in [1.165, 1.54) is 25.7 Å². The third-order valence-electron chi connectivity index (χ3n) is 3.85. The van der Waals surface area contributed by atoms with Crippen molar-refractivity contribution in [2.24, 2.45) is 0 Å². The molecule has 1 N–H and O–H groups in total. The summed E-state index contributed by atoms with van der Waals surface area (Å²) in [6.45, 7) is 0. The molecule has 0 amide bonds. The Morgan fingerprint density at radius 2 is 1.95 bits per heavy atom. The molecule has 0 atom stereocenters. The Morgan fingerprint density at radius 1 is 1.14 bits per heavy atom. The van der Waals surface area contributed by atoms with Crippen LogP contribution in [0.1, 0.15) is 37.3 Å². The lowest BCUT2D eigenvalue weighted by Crippen LogP contribution is -2.05. The van der Waals surface area contributed by atoms with E-state index in [4.69, 9.17) is 9.72 Å². The molecule has 1 fully saturated rings. The van der Waals surface area contributed by atoms with Crippen LogP contribution in [0.3, 0.4) is 0 Å². The number of hydrogen-bond donors (Lipinski definition) is 1. The van der Waals surface area contributed by atoms with Crippen molar-refractivity contribution in [3.05, 3.63) is 23.9 Å². The largest absolute Gasteiger partial charge is 0.480 e. The van der Waals surface area contributed by atoms with Gasteiger partial charge < -0.3 is 10.1 Å². The van der Waals surface area contributed by atoms with Crippen molar-refractivity contribution >= 4 is 5.82 Å². The summed E-state index contributed by atoms with van der Waals surface area (Å²) < 4.78 is 5.03. The molecule has 6 nitrogen and oxygen atoms in total. The van der Waals surface area contributed by atoms with Crippen LogP contribution in [-0.2, 0) is 0 Å². The van der Waals surface area contributed by atoms with Gasteiger partial charge in [-0.3, -0.25) is 0 Å². The average molecular weight is 285 g/mol. The number of anilines is 1. The van der Waals surface area contributed by atoms with E-state index in [-0.39, 0.29) is 0 Å². The highest BCUT2D eigenvalue weighted by Crippen LogP contribution is 2.34. The molecule has 2 aromatic rings. The zero-order chi connectivity index (χ0) is 14.7. The Labute approximate surface area is 124 Å². The van der Waals surface area contributed by atoms with E-state index in [2.05, 4.69) is 20.5 Å². The third kappa shape index (κ3) is 2.94. The number of rotatable bonds is 4. The van der Waals surface area contributed by atoms with Gasteiger partial charge in [0.2, 0.25) is 5.88 Å². The van der Waals surface area contributed by atoms with Gasteiger partial charge in [0.15, 0.2) is 5.82 Å². The summed E-state index contributed by atoms with van der Waals surface area (Å²) in [7, 11) is 3.43. The molecule has 0 aliphatic heterocycles. The van der Waals surface area contributed by atoms with Gasteiger partial charge in [-0.05, 0) is 18.9 Å². The van der Waals surface area contributed by atoms with E-state index >= 15 is 0 Å². The van der Waals surface area contributed by atoms with Crippen LogP contribution in [0.25, 0.3) is 11.5 Å². The van der Waals surface area contributed by atoms with E-state index in [0.29, 0.717) is 23.3 Å². The molecule has 2 aromatic heterocycles. The van der Waals surface area contributed by atoms with Crippen LogP contribution in [0.15, 0.2) is 18.2 Å². The van der Waals surface area contributed by atoms with Crippen LogP contribution in [0.4, 0.5) is 5.82 Å². The fourth-order valence-corrected chi connectivity index (χ4v) is 2.69. The Balaban J connectivity index is 1.97. The normalized spacial score (nSPS) is 15.1. The molecule has 0 spiro atoms. The van der Waals surface area contributed by atoms with Crippen molar-refractivity contribution in [1.82, 2.24) is 20.2 Å². The van der Waals surface area contributed by atoms with Crippen LogP contribution < -0.4 is 10.1 Å². The van der Waals surface area contributed by atoms with E-state index < -0.39 is 0 Å². The van der Waals surface area contributed by atoms with Crippen molar-refractivity contribution in [1.29, 1.82) is 0 Å². The molecule has 1 aliphatic carbocycles. The minimum Gasteiger partial charge on any atom is -0.480 e. The molecular weight excluding hydrogens is 266 g/mol. The summed E-state index contributed by atoms with van der Waals surface area (Å²) in [6, 6.07) is 5.64. The summed E-state index contributed by atoms with van der Waals surface area (Å²) in [6.07, 6.45) is 4.96. The summed E-state index contributed by atoms with van der Waals surface area (Å²) in [5.41, 5.74) is 1.76. The van der Waals surface area contributed by atoms with Crippen molar-refractivity contribution in [2.45, 2.75) is 31.6 Å². The molecule has 0 aromatic carbocycles. The number of aromatic nitrogens is 4. The molecule has 1 aliphatic rings. The van der Waals surface area contributed by atoms with Crippen LogP contribution in [-0.4, -0.2) is 34.3 Å². The maximum Gasteiger partial charge on any atom is 0.233 e. The van der Waals surface area contributed by atoms with E-state index in [9.17, 15) is 0 Å². The molecule has 21 heavy (non-hydrogen) atoms. The number of methoxy groups -OCH3 is 1. The highest BCUT2D eigenvalue weighted by atomic mass is 16.5. The predicted molar refractivity (Wildman–Crippen MR) is 80.4 cm³/mol. The maximum atomic E-state index is 5.03. The molecule has 3 rings (SSSR count). The zero-order valence-electron chi connectivity index (χ0n) is 12.3. The average Bonchev–Trinajstić information content (AvgIpc) is 3.09. The van der Waals surface area contributed by atoms with Crippen LogP contribution in [0.2, 0.25) is 0 Å². The van der Waals surface area contributed by atoms with Gasteiger partial charge in [0.25, 0.3) is 0 Å². The highest BCUT2D eigenvalue weighted by molar-refractivity contribution is 5.53. The lowest BCUT2D eigenvalue weighted by molar-refractivity contribution is 0.392.